The van der Waals surface area contributed by atoms with Gasteiger partial charge in [0.05, 0.1) is 18.3 Å². The van der Waals surface area contributed by atoms with E-state index >= 15 is 0 Å². The molecular formula is C18H19N3O2S2. The summed E-state index contributed by atoms with van der Waals surface area (Å²) in [7, 11) is 0. The van der Waals surface area contributed by atoms with E-state index in [1.807, 2.05) is 17.5 Å². The summed E-state index contributed by atoms with van der Waals surface area (Å²) in [6.45, 7) is 2.75. The molecule has 1 aliphatic carbocycles. The van der Waals surface area contributed by atoms with Gasteiger partial charge in [0.1, 0.15) is 11.4 Å². The first kappa shape index (κ1) is 16.5. The second kappa shape index (κ2) is 6.72. The molecule has 25 heavy (non-hydrogen) atoms. The summed E-state index contributed by atoms with van der Waals surface area (Å²) in [4.78, 5) is 32.7. The molecule has 0 unspecified atom stereocenters. The number of nitrogens with zero attached hydrogens (tertiary/aromatic N) is 2. The average Bonchev–Trinajstić information content (AvgIpc) is 3.22. The van der Waals surface area contributed by atoms with Gasteiger partial charge in [-0.2, -0.15) is 0 Å². The standard InChI is InChI=1S/C18H19N3O2S2/c1-11-4-5-13-14(7-11)25-17-16(13)18(23)21(10-20-17)9-15(22)19-8-12-3-2-6-24-12/h2-3,6,10-11H,4-5,7-9H2,1H3,(H,19,22)/t11-/m0/s1. The first-order valence-corrected chi connectivity index (χ1v) is 10.1. The van der Waals surface area contributed by atoms with Crippen LogP contribution in [0.1, 0.15) is 28.7 Å². The smallest absolute Gasteiger partial charge is 0.262 e. The number of rotatable bonds is 4. The lowest BCUT2D eigenvalue weighted by Crippen LogP contribution is -2.32. The maximum atomic E-state index is 12.9. The van der Waals surface area contributed by atoms with Crippen molar-refractivity contribution < 1.29 is 4.79 Å². The highest BCUT2D eigenvalue weighted by Crippen LogP contribution is 2.35. The Kier molecular flexibility index (Phi) is 4.43. The minimum atomic E-state index is -0.172. The summed E-state index contributed by atoms with van der Waals surface area (Å²) in [5.74, 6) is 0.486. The van der Waals surface area contributed by atoms with Gasteiger partial charge >= 0.3 is 0 Å². The molecule has 3 aromatic rings. The molecule has 1 amide bonds. The molecule has 0 spiro atoms. The van der Waals surface area contributed by atoms with Crippen molar-refractivity contribution in [3.05, 3.63) is 49.5 Å². The monoisotopic (exact) mass is 373 g/mol. The van der Waals surface area contributed by atoms with Gasteiger partial charge in [-0.1, -0.05) is 13.0 Å². The van der Waals surface area contributed by atoms with Crippen molar-refractivity contribution >= 4 is 38.8 Å². The molecule has 130 valence electrons. The molecule has 5 nitrogen and oxygen atoms in total. The number of fused-ring (bicyclic) bond motifs is 3. The van der Waals surface area contributed by atoms with Crippen LogP contribution in [0.3, 0.4) is 0 Å². The third-order valence-corrected chi connectivity index (χ3v) is 6.67. The largest absolute Gasteiger partial charge is 0.350 e. The second-order valence-electron chi connectivity index (χ2n) is 6.57. The van der Waals surface area contributed by atoms with Crippen LogP contribution in [0.2, 0.25) is 0 Å². The van der Waals surface area contributed by atoms with E-state index in [-0.39, 0.29) is 18.0 Å². The Morgan fingerprint density at radius 2 is 2.36 bits per heavy atom. The van der Waals surface area contributed by atoms with E-state index < -0.39 is 0 Å². The number of hydrogen-bond acceptors (Lipinski definition) is 5. The highest BCUT2D eigenvalue weighted by atomic mass is 32.1. The van der Waals surface area contributed by atoms with Crippen molar-refractivity contribution in [3.8, 4) is 0 Å². The third kappa shape index (κ3) is 3.26. The lowest BCUT2D eigenvalue weighted by molar-refractivity contribution is -0.121. The number of nitrogens with one attached hydrogen (secondary N) is 1. The van der Waals surface area contributed by atoms with Crippen LogP contribution in [0.15, 0.2) is 28.6 Å². The fourth-order valence-electron chi connectivity index (χ4n) is 3.29. The SMILES string of the molecule is C[C@H]1CCc2c(sc3ncn(CC(=O)NCc4cccs4)c(=O)c23)C1. The van der Waals surface area contributed by atoms with Gasteiger partial charge < -0.3 is 5.32 Å². The predicted octanol–water partition coefficient (Wildman–Crippen LogP) is 2.96. The van der Waals surface area contributed by atoms with Gasteiger partial charge in [-0.3, -0.25) is 14.2 Å². The third-order valence-electron chi connectivity index (χ3n) is 4.64. The zero-order chi connectivity index (χ0) is 17.4. The van der Waals surface area contributed by atoms with Crippen molar-refractivity contribution in [1.82, 2.24) is 14.9 Å². The summed E-state index contributed by atoms with van der Waals surface area (Å²) in [6, 6.07) is 3.93. The fourth-order valence-corrected chi connectivity index (χ4v) is 5.27. The maximum absolute atomic E-state index is 12.9. The number of carbonyl (C=O) groups excluding carboxylic acids is 1. The van der Waals surface area contributed by atoms with Gasteiger partial charge in [-0.25, -0.2) is 4.98 Å². The summed E-state index contributed by atoms with van der Waals surface area (Å²) in [6.07, 6.45) is 4.56. The highest BCUT2D eigenvalue weighted by Gasteiger charge is 2.23. The Labute approximate surface area is 153 Å². The quantitative estimate of drug-likeness (QED) is 0.765. The molecule has 1 N–H and O–H groups in total. The maximum Gasteiger partial charge on any atom is 0.262 e. The first-order valence-electron chi connectivity index (χ1n) is 8.40. The number of aryl methyl sites for hydroxylation is 1. The van der Waals surface area contributed by atoms with E-state index in [9.17, 15) is 9.59 Å². The molecule has 4 rings (SSSR count). The summed E-state index contributed by atoms with van der Waals surface area (Å²) in [5.41, 5.74) is 1.06. The molecule has 3 heterocycles. The molecule has 0 saturated heterocycles. The van der Waals surface area contributed by atoms with Crippen LogP contribution < -0.4 is 10.9 Å². The lowest BCUT2D eigenvalue weighted by atomic mass is 9.89. The van der Waals surface area contributed by atoms with Gasteiger partial charge in [0.2, 0.25) is 5.91 Å². The summed E-state index contributed by atoms with van der Waals surface area (Å²) in [5, 5.41) is 5.56. The number of aromatic nitrogens is 2. The molecular weight excluding hydrogens is 354 g/mol. The Balaban J connectivity index is 1.57. The van der Waals surface area contributed by atoms with E-state index in [1.54, 1.807) is 22.7 Å². The normalized spacial score (nSPS) is 16.8. The van der Waals surface area contributed by atoms with E-state index in [0.717, 1.165) is 39.9 Å². The Morgan fingerprint density at radius 3 is 3.16 bits per heavy atom. The van der Waals surface area contributed by atoms with Crippen LogP contribution in [0.4, 0.5) is 0 Å². The number of thiophene rings is 2. The van der Waals surface area contributed by atoms with Crippen LogP contribution in [0.25, 0.3) is 10.2 Å². The zero-order valence-corrected chi connectivity index (χ0v) is 15.6. The van der Waals surface area contributed by atoms with Gasteiger partial charge in [0.15, 0.2) is 0 Å². The minimum absolute atomic E-state index is 0.00811. The van der Waals surface area contributed by atoms with E-state index in [1.165, 1.54) is 15.8 Å². The first-order chi connectivity index (χ1) is 12.1. The van der Waals surface area contributed by atoms with Crippen molar-refractivity contribution in [3.63, 3.8) is 0 Å². The van der Waals surface area contributed by atoms with Crippen molar-refractivity contribution in [2.24, 2.45) is 5.92 Å². The van der Waals surface area contributed by atoms with Gasteiger partial charge in [0, 0.05) is 9.75 Å². The van der Waals surface area contributed by atoms with Crippen molar-refractivity contribution in [1.29, 1.82) is 0 Å². The van der Waals surface area contributed by atoms with Crippen LogP contribution in [0.5, 0.6) is 0 Å². The van der Waals surface area contributed by atoms with Crippen LogP contribution in [-0.2, 0) is 30.7 Å². The van der Waals surface area contributed by atoms with E-state index in [2.05, 4.69) is 17.2 Å². The number of hydrogen-bond donors (Lipinski definition) is 1. The van der Waals surface area contributed by atoms with Crippen LogP contribution >= 0.6 is 22.7 Å². The predicted molar refractivity (Wildman–Crippen MR) is 101 cm³/mol. The van der Waals surface area contributed by atoms with Crippen molar-refractivity contribution in [2.45, 2.75) is 39.3 Å². The molecule has 0 aliphatic heterocycles. The minimum Gasteiger partial charge on any atom is -0.350 e. The number of amides is 1. The molecule has 1 atom stereocenters. The summed E-state index contributed by atoms with van der Waals surface area (Å²) < 4.78 is 1.43. The number of carbonyl (C=O) groups is 1. The topological polar surface area (TPSA) is 64.0 Å². The Morgan fingerprint density at radius 1 is 1.48 bits per heavy atom. The van der Waals surface area contributed by atoms with Crippen LogP contribution in [-0.4, -0.2) is 15.5 Å². The van der Waals surface area contributed by atoms with Crippen LogP contribution in [0, 0.1) is 5.92 Å². The molecule has 0 fully saturated rings. The molecule has 0 aromatic carbocycles. The Bertz CT molecular complexity index is 972. The van der Waals surface area contributed by atoms with E-state index in [4.69, 9.17) is 0 Å². The van der Waals surface area contributed by atoms with Gasteiger partial charge in [0.25, 0.3) is 5.56 Å². The fraction of sp³-hybridized carbons (Fsp3) is 0.389. The molecule has 3 aromatic heterocycles. The highest BCUT2D eigenvalue weighted by molar-refractivity contribution is 7.18. The van der Waals surface area contributed by atoms with Crippen molar-refractivity contribution in [2.75, 3.05) is 0 Å². The molecule has 0 bridgehead atoms. The molecule has 0 saturated carbocycles. The zero-order valence-electron chi connectivity index (χ0n) is 13.9. The molecule has 7 heteroatoms. The lowest BCUT2D eigenvalue weighted by Gasteiger charge is -2.17. The van der Waals surface area contributed by atoms with Gasteiger partial charge in [-0.15, -0.1) is 22.7 Å². The Hall–Kier alpha value is -1.99. The molecule has 0 radical (unpaired) electrons. The second-order valence-corrected chi connectivity index (χ2v) is 8.68. The molecule has 1 aliphatic rings. The van der Waals surface area contributed by atoms with E-state index in [0.29, 0.717) is 12.5 Å². The van der Waals surface area contributed by atoms with Gasteiger partial charge in [-0.05, 0) is 42.2 Å². The summed E-state index contributed by atoms with van der Waals surface area (Å²) >= 11 is 3.23. The average molecular weight is 374 g/mol.